The van der Waals surface area contributed by atoms with E-state index >= 15 is 0 Å². The van der Waals surface area contributed by atoms with Gasteiger partial charge in [-0.1, -0.05) is 65.8 Å². The second-order valence-corrected chi connectivity index (χ2v) is 4.96. The lowest BCUT2D eigenvalue weighted by molar-refractivity contribution is 0.108. The van der Waals surface area contributed by atoms with Crippen LogP contribution >= 0.6 is 23.4 Å². The summed E-state index contributed by atoms with van der Waals surface area (Å²) in [6.07, 6.45) is 0. The van der Waals surface area contributed by atoms with Crippen molar-refractivity contribution in [2.24, 2.45) is 0 Å². The van der Waals surface area contributed by atoms with Crippen molar-refractivity contribution >= 4 is 28.5 Å². The van der Waals surface area contributed by atoms with Crippen molar-refractivity contribution in [2.75, 3.05) is 0 Å². The van der Waals surface area contributed by atoms with Crippen LogP contribution in [-0.4, -0.2) is 5.12 Å². The molecule has 0 amide bonds. The van der Waals surface area contributed by atoms with E-state index in [9.17, 15) is 4.79 Å². The zero-order valence-electron chi connectivity index (χ0n) is 9.10. The van der Waals surface area contributed by atoms with Crippen molar-refractivity contribution in [1.29, 1.82) is 0 Å². The fraction of sp³-hybridized carbons (Fsp3) is 0.0714. The summed E-state index contributed by atoms with van der Waals surface area (Å²) in [4.78, 5) is 11.9. The highest BCUT2D eigenvalue weighted by atomic mass is 35.5. The van der Waals surface area contributed by atoms with E-state index in [4.69, 9.17) is 11.6 Å². The van der Waals surface area contributed by atoms with E-state index in [0.717, 1.165) is 5.56 Å². The predicted molar refractivity (Wildman–Crippen MR) is 73.5 cm³/mol. The van der Waals surface area contributed by atoms with Gasteiger partial charge in [-0.05, 0) is 17.7 Å². The predicted octanol–water partition coefficient (Wildman–Crippen LogP) is 4.41. The summed E-state index contributed by atoms with van der Waals surface area (Å²) in [5.41, 5.74) is 1.80. The molecule has 0 aliphatic carbocycles. The summed E-state index contributed by atoms with van der Waals surface area (Å²) in [7, 11) is 0. The Bertz CT molecular complexity index is 511. The molecule has 0 atom stereocenters. The van der Waals surface area contributed by atoms with Gasteiger partial charge in [0, 0.05) is 16.3 Å². The Balaban J connectivity index is 1.98. The first-order chi connectivity index (χ1) is 8.25. The maximum absolute atomic E-state index is 11.9. The number of hydrogen-bond acceptors (Lipinski definition) is 2. The van der Waals surface area contributed by atoms with Gasteiger partial charge in [0.1, 0.15) is 0 Å². The number of hydrogen-bond donors (Lipinski definition) is 0. The molecule has 0 spiro atoms. The molecule has 2 aromatic rings. The van der Waals surface area contributed by atoms with Crippen LogP contribution in [-0.2, 0) is 5.75 Å². The third-order valence-electron chi connectivity index (χ3n) is 2.27. The van der Waals surface area contributed by atoms with Crippen LogP contribution < -0.4 is 0 Å². The summed E-state index contributed by atoms with van der Waals surface area (Å²) in [6, 6.07) is 17.0. The Labute approximate surface area is 110 Å². The van der Waals surface area contributed by atoms with Crippen molar-refractivity contribution in [3.05, 3.63) is 70.7 Å². The van der Waals surface area contributed by atoms with Crippen molar-refractivity contribution in [1.82, 2.24) is 0 Å². The normalized spacial score (nSPS) is 10.2. The quantitative estimate of drug-likeness (QED) is 0.815. The van der Waals surface area contributed by atoms with Crippen LogP contribution in [0, 0.1) is 0 Å². The van der Waals surface area contributed by atoms with E-state index in [1.807, 2.05) is 30.3 Å². The van der Waals surface area contributed by atoms with Crippen molar-refractivity contribution in [3.8, 4) is 0 Å². The number of carbonyl (C=O) groups is 1. The Kier molecular flexibility index (Phi) is 4.24. The van der Waals surface area contributed by atoms with Crippen molar-refractivity contribution in [2.45, 2.75) is 5.75 Å². The van der Waals surface area contributed by atoms with Crippen molar-refractivity contribution < 1.29 is 4.79 Å². The van der Waals surface area contributed by atoms with Gasteiger partial charge < -0.3 is 0 Å². The number of rotatable bonds is 3. The summed E-state index contributed by atoms with van der Waals surface area (Å²) in [5, 5.41) is 0.646. The molecular weight excluding hydrogens is 252 g/mol. The zero-order chi connectivity index (χ0) is 12.1. The second-order valence-electron chi connectivity index (χ2n) is 3.57. The first-order valence-electron chi connectivity index (χ1n) is 5.22. The Hall–Kier alpha value is -1.25. The average molecular weight is 263 g/mol. The Morgan fingerprint density at radius 2 is 1.82 bits per heavy atom. The fourth-order valence-electron chi connectivity index (χ4n) is 1.42. The van der Waals surface area contributed by atoms with E-state index in [1.165, 1.54) is 11.8 Å². The fourth-order valence-corrected chi connectivity index (χ4v) is 2.40. The van der Waals surface area contributed by atoms with Gasteiger partial charge in [-0.2, -0.15) is 0 Å². The first-order valence-corrected chi connectivity index (χ1v) is 6.59. The molecule has 0 fully saturated rings. The van der Waals surface area contributed by atoms with Crippen LogP contribution in [0.5, 0.6) is 0 Å². The summed E-state index contributed by atoms with van der Waals surface area (Å²) >= 11 is 7.14. The number of carbonyl (C=O) groups excluding carboxylic acids is 1. The minimum atomic E-state index is 0.0522. The number of thioether (sulfide) groups is 1. The van der Waals surface area contributed by atoms with E-state index in [0.29, 0.717) is 16.3 Å². The maximum Gasteiger partial charge on any atom is 0.219 e. The van der Waals surface area contributed by atoms with E-state index < -0.39 is 0 Å². The molecule has 0 aromatic heterocycles. The third kappa shape index (κ3) is 3.62. The van der Waals surface area contributed by atoms with Gasteiger partial charge in [-0.15, -0.1) is 0 Å². The zero-order valence-corrected chi connectivity index (χ0v) is 10.7. The lowest BCUT2D eigenvalue weighted by atomic mass is 10.2. The van der Waals surface area contributed by atoms with E-state index in [2.05, 4.69) is 0 Å². The minimum absolute atomic E-state index is 0.0522. The van der Waals surface area contributed by atoms with Crippen LogP contribution in [0.2, 0.25) is 5.02 Å². The molecule has 0 radical (unpaired) electrons. The molecule has 0 bridgehead atoms. The molecule has 3 heteroatoms. The highest BCUT2D eigenvalue weighted by molar-refractivity contribution is 8.13. The lowest BCUT2D eigenvalue weighted by Gasteiger charge is -2.01. The topological polar surface area (TPSA) is 17.1 Å². The smallest absolute Gasteiger partial charge is 0.219 e. The molecule has 0 unspecified atom stereocenters. The number of benzene rings is 2. The molecule has 0 saturated heterocycles. The molecule has 0 heterocycles. The second kappa shape index (κ2) is 5.89. The maximum atomic E-state index is 11.9. The largest absolute Gasteiger partial charge is 0.282 e. The molecule has 17 heavy (non-hydrogen) atoms. The lowest BCUT2D eigenvalue weighted by Crippen LogP contribution is -1.94. The summed E-state index contributed by atoms with van der Waals surface area (Å²) < 4.78 is 0. The highest BCUT2D eigenvalue weighted by Gasteiger charge is 2.06. The molecule has 0 aliphatic rings. The van der Waals surface area contributed by atoms with Gasteiger partial charge >= 0.3 is 0 Å². The van der Waals surface area contributed by atoms with Gasteiger partial charge in [-0.25, -0.2) is 0 Å². The van der Waals surface area contributed by atoms with E-state index in [1.54, 1.807) is 24.3 Å². The molecule has 86 valence electrons. The molecule has 0 aliphatic heterocycles. The van der Waals surface area contributed by atoms with E-state index in [-0.39, 0.29) is 5.12 Å². The van der Waals surface area contributed by atoms with Crippen LogP contribution in [0.4, 0.5) is 0 Å². The molecule has 1 nitrogen and oxygen atoms in total. The summed E-state index contributed by atoms with van der Waals surface area (Å²) in [6.45, 7) is 0. The molecule has 0 N–H and O–H groups in total. The third-order valence-corrected chi connectivity index (χ3v) is 3.48. The molecule has 2 aromatic carbocycles. The van der Waals surface area contributed by atoms with Gasteiger partial charge in [0.15, 0.2) is 0 Å². The standard InChI is InChI=1S/C14H11ClOS/c15-13-8-4-7-12(9-13)14(16)17-10-11-5-2-1-3-6-11/h1-9H,10H2. The SMILES string of the molecule is O=C(SCc1ccccc1)c1cccc(Cl)c1. The Morgan fingerprint density at radius 3 is 2.53 bits per heavy atom. The molecule has 2 rings (SSSR count). The summed E-state index contributed by atoms with van der Waals surface area (Å²) in [5.74, 6) is 0.687. The van der Waals surface area contributed by atoms with Gasteiger partial charge in [0.2, 0.25) is 5.12 Å². The van der Waals surface area contributed by atoms with Crippen LogP contribution in [0.15, 0.2) is 54.6 Å². The van der Waals surface area contributed by atoms with Crippen LogP contribution in [0.3, 0.4) is 0 Å². The average Bonchev–Trinajstić information content (AvgIpc) is 2.37. The van der Waals surface area contributed by atoms with Gasteiger partial charge in [0.05, 0.1) is 0 Å². The van der Waals surface area contributed by atoms with Crippen LogP contribution in [0.1, 0.15) is 15.9 Å². The molecule has 0 saturated carbocycles. The number of halogens is 1. The Morgan fingerprint density at radius 1 is 1.06 bits per heavy atom. The van der Waals surface area contributed by atoms with Gasteiger partial charge in [0.25, 0.3) is 0 Å². The van der Waals surface area contributed by atoms with Gasteiger partial charge in [-0.3, -0.25) is 4.79 Å². The first kappa shape index (κ1) is 12.2. The highest BCUT2D eigenvalue weighted by Crippen LogP contribution is 2.20. The van der Waals surface area contributed by atoms with Crippen LogP contribution in [0.25, 0.3) is 0 Å². The minimum Gasteiger partial charge on any atom is -0.282 e. The van der Waals surface area contributed by atoms with Crippen molar-refractivity contribution in [3.63, 3.8) is 0 Å². The molecular formula is C14H11ClOS. The monoisotopic (exact) mass is 262 g/mol.